The van der Waals surface area contributed by atoms with Crippen molar-refractivity contribution in [1.29, 1.82) is 0 Å². The lowest BCUT2D eigenvalue weighted by Gasteiger charge is -2.10. The van der Waals surface area contributed by atoms with Crippen molar-refractivity contribution in [2.45, 2.75) is 12.8 Å². The number of allylic oxidation sites excluding steroid dienone is 4. The Balaban J connectivity index is 3.13. The van der Waals surface area contributed by atoms with Gasteiger partial charge in [0.25, 0.3) is 0 Å². The number of hydrogen-bond acceptors (Lipinski definition) is 3. The molecule has 3 heteroatoms. The molecule has 0 N–H and O–H groups in total. The fourth-order valence-electron chi connectivity index (χ4n) is 1.79. The molecule has 1 atom stereocenters. The minimum absolute atomic E-state index is 0.154. The molecule has 0 spiro atoms. The van der Waals surface area contributed by atoms with Gasteiger partial charge in [0.05, 0.1) is 13.0 Å². The van der Waals surface area contributed by atoms with Gasteiger partial charge in [-0.05, 0) is 18.6 Å². The number of ether oxygens (including phenoxy) is 1. The molecule has 0 amide bonds. The summed E-state index contributed by atoms with van der Waals surface area (Å²) in [7, 11) is 1.34. The number of benzene rings is 1. The Bertz CT molecular complexity index is 567. The molecular formula is C17H18O3. The van der Waals surface area contributed by atoms with E-state index in [4.69, 9.17) is 4.74 Å². The first-order valence-electron chi connectivity index (χ1n) is 6.22. The van der Waals surface area contributed by atoms with E-state index in [1.54, 1.807) is 37.3 Å². The van der Waals surface area contributed by atoms with Crippen LogP contribution < -0.4 is 0 Å². The Morgan fingerprint density at radius 2 is 2.00 bits per heavy atom. The van der Waals surface area contributed by atoms with Crippen LogP contribution in [0.15, 0.2) is 61.2 Å². The van der Waals surface area contributed by atoms with E-state index >= 15 is 0 Å². The van der Waals surface area contributed by atoms with E-state index in [9.17, 15) is 9.59 Å². The van der Waals surface area contributed by atoms with E-state index in [-0.39, 0.29) is 11.8 Å². The molecule has 1 aromatic rings. The van der Waals surface area contributed by atoms with Crippen LogP contribution in [-0.4, -0.2) is 18.9 Å². The zero-order valence-corrected chi connectivity index (χ0v) is 11.8. The summed E-state index contributed by atoms with van der Waals surface area (Å²) in [6, 6.07) is 6.94. The van der Waals surface area contributed by atoms with Crippen molar-refractivity contribution < 1.29 is 14.3 Å². The molecule has 104 valence electrons. The Hall–Kier alpha value is -2.42. The SMILES string of the molecule is C=C/C=C(\C=C)C(=O)c1cccc(C(C)C(=O)OC)c1. The van der Waals surface area contributed by atoms with Crippen LogP contribution >= 0.6 is 0 Å². The Labute approximate surface area is 119 Å². The van der Waals surface area contributed by atoms with Crippen LogP contribution in [0.1, 0.15) is 28.8 Å². The van der Waals surface area contributed by atoms with Gasteiger partial charge < -0.3 is 4.74 Å². The topological polar surface area (TPSA) is 43.4 Å². The van der Waals surface area contributed by atoms with Gasteiger partial charge in [-0.15, -0.1) is 0 Å². The molecule has 0 heterocycles. The predicted octanol–water partition coefficient (Wildman–Crippen LogP) is 3.44. The quantitative estimate of drug-likeness (QED) is 0.344. The summed E-state index contributed by atoms with van der Waals surface area (Å²) in [5, 5.41) is 0. The number of carbonyl (C=O) groups excluding carboxylic acids is 2. The molecule has 0 aliphatic rings. The molecule has 20 heavy (non-hydrogen) atoms. The molecule has 0 aliphatic heterocycles. The highest BCUT2D eigenvalue weighted by atomic mass is 16.5. The third kappa shape index (κ3) is 3.54. The molecular weight excluding hydrogens is 252 g/mol. The van der Waals surface area contributed by atoms with Crippen LogP contribution in [-0.2, 0) is 9.53 Å². The minimum Gasteiger partial charge on any atom is -0.469 e. The van der Waals surface area contributed by atoms with Gasteiger partial charge in [-0.25, -0.2) is 0 Å². The van der Waals surface area contributed by atoms with Gasteiger partial charge in [0.15, 0.2) is 5.78 Å². The Kier molecular flexibility index (Phi) is 5.66. The monoisotopic (exact) mass is 270 g/mol. The van der Waals surface area contributed by atoms with Gasteiger partial charge in [-0.1, -0.05) is 49.6 Å². The fraction of sp³-hybridized carbons (Fsp3) is 0.176. The number of rotatable bonds is 6. The Morgan fingerprint density at radius 3 is 2.55 bits per heavy atom. The molecule has 0 fully saturated rings. The lowest BCUT2D eigenvalue weighted by atomic mass is 9.95. The van der Waals surface area contributed by atoms with E-state index in [2.05, 4.69) is 13.2 Å². The van der Waals surface area contributed by atoms with E-state index in [1.165, 1.54) is 19.3 Å². The zero-order chi connectivity index (χ0) is 15.1. The highest BCUT2D eigenvalue weighted by molar-refractivity contribution is 6.10. The predicted molar refractivity (Wildman–Crippen MR) is 79.7 cm³/mol. The van der Waals surface area contributed by atoms with Crippen LogP contribution in [0.3, 0.4) is 0 Å². The largest absolute Gasteiger partial charge is 0.469 e. The second-order valence-electron chi connectivity index (χ2n) is 4.26. The first kappa shape index (κ1) is 15.6. The van der Waals surface area contributed by atoms with Crippen molar-refractivity contribution in [3.8, 4) is 0 Å². The normalized spacial score (nSPS) is 12.4. The summed E-state index contributed by atoms with van der Waals surface area (Å²) >= 11 is 0. The second-order valence-corrected chi connectivity index (χ2v) is 4.26. The Morgan fingerprint density at radius 1 is 1.30 bits per heavy atom. The van der Waals surface area contributed by atoms with E-state index in [0.29, 0.717) is 11.1 Å². The van der Waals surface area contributed by atoms with Gasteiger partial charge >= 0.3 is 5.97 Å². The smallest absolute Gasteiger partial charge is 0.312 e. The van der Waals surface area contributed by atoms with Crippen LogP contribution in [0, 0.1) is 0 Å². The maximum atomic E-state index is 12.3. The highest BCUT2D eigenvalue weighted by Crippen LogP contribution is 2.19. The highest BCUT2D eigenvalue weighted by Gasteiger charge is 2.17. The lowest BCUT2D eigenvalue weighted by Crippen LogP contribution is -2.11. The second kappa shape index (κ2) is 7.24. The summed E-state index contributed by atoms with van der Waals surface area (Å²) in [4.78, 5) is 23.8. The third-order valence-electron chi connectivity index (χ3n) is 2.98. The van der Waals surface area contributed by atoms with Crippen LogP contribution in [0.4, 0.5) is 0 Å². The number of methoxy groups -OCH3 is 1. The number of ketones is 1. The molecule has 3 nitrogen and oxygen atoms in total. The molecule has 1 rings (SSSR count). The average molecular weight is 270 g/mol. The first-order chi connectivity index (χ1) is 9.54. The lowest BCUT2D eigenvalue weighted by molar-refractivity contribution is -0.141. The van der Waals surface area contributed by atoms with Gasteiger partial charge in [-0.3, -0.25) is 9.59 Å². The maximum Gasteiger partial charge on any atom is 0.312 e. The van der Waals surface area contributed by atoms with Crippen molar-refractivity contribution in [3.63, 3.8) is 0 Å². The van der Waals surface area contributed by atoms with Crippen molar-refractivity contribution >= 4 is 11.8 Å². The average Bonchev–Trinajstić information content (AvgIpc) is 2.50. The van der Waals surface area contributed by atoms with Crippen molar-refractivity contribution in [1.82, 2.24) is 0 Å². The molecule has 0 bridgehead atoms. The minimum atomic E-state index is -0.414. The molecule has 0 aromatic heterocycles. The third-order valence-corrected chi connectivity index (χ3v) is 2.98. The fourth-order valence-corrected chi connectivity index (χ4v) is 1.79. The summed E-state index contributed by atoms with van der Waals surface area (Å²) in [5.41, 5.74) is 1.71. The molecule has 0 aliphatic carbocycles. The summed E-state index contributed by atoms with van der Waals surface area (Å²) in [6.45, 7) is 8.92. The zero-order valence-electron chi connectivity index (χ0n) is 11.8. The van der Waals surface area contributed by atoms with Crippen LogP contribution in [0.25, 0.3) is 0 Å². The van der Waals surface area contributed by atoms with E-state index in [1.807, 2.05) is 0 Å². The standard InChI is InChI=1S/C17H18O3/c1-5-8-13(6-2)16(18)15-10-7-9-14(11-15)12(3)17(19)20-4/h5-12H,1-2H2,3-4H3/b13-8+. The molecule has 0 saturated heterocycles. The molecule has 1 unspecified atom stereocenters. The van der Waals surface area contributed by atoms with E-state index in [0.717, 1.165) is 5.56 Å². The number of Topliss-reactive ketones (excluding diaryl/α,β-unsaturated/α-hetero) is 1. The van der Waals surface area contributed by atoms with Crippen molar-refractivity contribution in [2.24, 2.45) is 0 Å². The summed E-state index contributed by atoms with van der Waals surface area (Å²) < 4.78 is 4.71. The van der Waals surface area contributed by atoms with Gasteiger partial charge in [0.2, 0.25) is 0 Å². The summed E-state index contributed by atoms with van der Waals surface area (Å²) in [6.07, 6.45) is 4.63. The maximum absolute atomic E-state index is 12.3. The number of hydrogen-bond donors (Lipinski definition) is 0. The molecule has 1 aromatic carbocycles. The van der Waals surface area contributed by atoms with Crippen molar-refractivity contribution in [3.05, 3.63) is 72.4 Å². The van der Waals surface area contributed by atoms with Gasteiger partial charge in [0.1, 0.15) is 0 Å². The van der Waals surface area contributed by atoms with Gasteiger partial charge in [-0.2, -0.15) is 0 Å². The van der Waals surface area contributed by atoms with Crippen LogP contribution in [0.2, 0.25) is 0 Å². The van der Waals surface area contributed by atoms with Gasteiger partial charge in [0, 0.05) is 11.1 Å². The van der Waals surface area contributed by atoms with Crippen LogP contribution in [0.5, 0.6) is 0 Å². The molecule has 0 saturated carbocycles. The number of esters is 1. The first-order valence-corrected chi connectivity index (χ1v) is 6.22. The summed E-state index contributed by atoms with van der Waals surface area (Å²) in [5.74, 6) is -0.901. The van der Waals surface area contributed by atoms with Crippen molar-refractivity contribution in [2.75, 3.05) is 7.11 Å². The van der Waals surface area contributed by atoms with E-state index < -0.39 is 5.92 Å². The molecule has 0 radical (unpaired) electrons. The number of carbonyl (C=O) groups is 2.